The largest absolute Gasteiger partial charge is 0.497 e. The number of aliphatic carboxylic acids is 1. The van der Waals surface area contributed by atoms with Crippen LogP contribution in [0.25, 0.3) is 11.3 Å². The van der Waals surface area contributed by atoms with Crippen molar-refractivity contribution < 1.29 is 14.6 Å². The van der Waals surface area contributed by atoms with Crippen molar-refractivity contribution >= 4 is 5.97 Å². The van der Waals surface area contributed by atoms with Crippen molar-refractivity contribution in [1.82, 2.24) is 9.97 Å². The fourth-order valence-corrected chi connectivity index (χ4v) is 1.63. The van der Waals surface area contributed by atoms with Crippen LogP contribution in [0.15, 0.2) is 30.6 Å². The zero-order valence-electron chi connectivity index (χ0n) is 9.30. The summed E-state index contributed by atoms with van der Waals surface area (Å²) in [5.41, 5.74) is 2.07. The van der Waals surface area contributed by atoms with Gasteiger partial charge in [0.25, 0.3) is 0 Å². The normalized spacial score (nSPS) is 10.2. The van der Waals surface area contributed by atoms with Gasteiger partial charge in [-0.05, 0) is 12.1 Å². The predicted octanol–water partition coefficient (Wildman–Crippen LogP) is 1.71. The van der Waals surface area contributed by atoms with Crippen LogP contribution in [0.1, 0.15) is 5.69 Å². The quantitative estimate of drug-likeness (QED) is 0.841. The number of benzene rings is 1. The standard InChI is InChI=1S/C12H12N2O3/c1-17-9-4-2-3-8(5-9)12-10(6-11(15)16)13-7-14-12/h2-5,7H,6H2,1H3,(H,13,14)(H,15,16). The second kappa shape index (κ2) is 4.69. The van der Waals surface area contributed by atoms with Crippen molar-refractivity contribution in [1.29, 1.82) is 0 Å². The molecule has 17 heavy (non-hydrogen) atoms. The summed E-state index contributed by atoms with van der Waals surface area (Å²) < 4.78 is 5.12. The Hall–Kier alpha value is -2.30. The SMILES string of the molecule is COc1cccc(-c2nc[nH]c2CC(=O)O)c1. The molecule has 0 saturated heterocycles. The molecule has 0 spiro atoms. The molecule has 1 aromatic heterocycles. The molecule has 0 amide bonds. The third-order valence-corrected chi connectivity index (χ3v) is 2.39. The van der Waals surface area contributed by atoms with E-state index in [9.17, 15) is 4.79 Å². The number of carboxylic acid groups (broad SMARTS) is 1. The van der Waals surface area contributed by atoms with E-state index in [0.29, 0.717) is 17.1 Å². The van der Waals surface area contributed by atoms with Gasteiger partial charge in [0.15, 0.2) is 0 Å². The number of nitrogens with one attached hydrogen (secondary N) is 1. The number of rotatable bonds is 4. The minimum absolute atomic E-state index is 0.0768. The summed E-state index contributed by atoms with van der Waals surface area (Å²) in [5, 5.41) is 8.78. The lowest BCUT2D eigenvalue weighted by atomic mass is 10.1. The maximum absolute atomic E-state index is 10.7. The molecule has 0 bridgehead atoms. The van der Waals surface area contributed by atoms with Gasteiger partial charge in [-0.25, -0.2) is 4.98 Å². The summed E-state index contributed by atoms with van der Waals surface area (Å²) in [6.45, 7) is 0. The molecule has 0 atom stereocenters. The number of H-pyrrole nitrogens is 1. The lowest BCUT2D eigenvalue weighted by Crippen LogP contribution is -2.01. The fraction of sp³-hybridized carbons (Fsp3) is 0.167. The van der Waals surface area contributed by atoms with Crippen LogP contribution in [-0.2, 0) is 11.2 Å². The Bertz CT molecular complexity index is 534. The molecule has 0 fully saturated rings. The average molecular weight is 232 g/mol. The van der Waals surface area contributed by atoms with Crippen LogP contribution < -0.4 is 4.74 Å². The van der Waals surface area contributed by atoms with Gasteiger partial charge < -0.3 is 14.8 Å². The number of methoxy groups -OCH3 is 1. The highest BCUT2D eigenvalue weighted by molar-refractivity contribution is 5.74. The molecule has 0 aliphatic carbocycles. The second-order valence-corrected chi connectivity index (χ2v) is 3.53. The monoisotopic (exact) mass is 232 g/mol. The van der Waals surface area contributed by atoms with Crippen LogP contribution in [0.5, 0.6) is 5.75 Å². The number of aromatic amines is 1. The topological polar surface area (TPSA) is 75.2 Å². The Morgan fingerprint density at radius 1 is 1.53 bits per heavy atom. The highest BCUT2D eigenvalue weighted by Crippen LogP contribution is 2.24. The molecule has 0 saturated carbocycles. The van der Waals surface area contributed by atoms with E-state index in [-0.39, 0.29) is 6.42 Å². The van der Waals surface area contributed by atoms with Crippen molar-refractivity contribution in [3.8, 4) is 17.0 Å². The maximum atomic E-state index is 10.7. The van der Waals surface area contributed by atoms with Gasteiger partial charge in [-0.15, -0.1) is 0 Å². The Labute approximate surface area is 98.1 Å². The van der Waals surface area contributed by atoms with Gasteiger partial charge in [0.1, 0.15) is 5.75 Å². The van der Waals surface area contributed by atoms with Gasteiger partial charge in [0.2, 0.25) is 0 Å². The second-order valence-electron chi connectivity index (χ2n) is 3.53. The molecule has 0 unspecified atom stereocenters. The third-order valence-electron chi connectivity index (χ3n) is 2.39. The Balaban J connectivity index is 2.38. The van der Waals surface area contributed by atoms with Crippen molar-refractivity contribution in [3.05, 3.63) is 36.3 Å². The minimum Gasteiger partial charge on any atom is -0.497 e. The number of ether oxygens (including phenoxy) is 1. The third kappa shape index (κ3) is 2.44. The number of carboxylic acids is 1. The van der Waals surface area contributed by atoms with Crippen LogP contribution in [0.2, 0.25) is 0 Å². The van der Waals surface area contributed by atoms with Crippen molar-refractivity contribution in [2.75, 3.05) is 7.11 Å². The zero-order chi connectivity index (χ0) is 12.3. The van der Waals surface area contributed by atoms with Crippen molar-refractivity contribution in [2.45, 2.75) is 6.42 Å². The first-order valence-corrected chi connectivity index (χ1v) is 5.09. The van der Waals surface area contributed by atoms with E-state index in [0.717, 1.165) is 5.56 Å². The first-order chi connectivity index (χ1) is 8.20. The molecule has 0 aliphatic rings. The molecule has 0 aliphatic heterocycles. The number of hydrogen-bond donors (Lipinski definition) is 2. The summed E-state index contributed by atoms with van der Waals surface area (Å²) in [4.78, 5) is 17.7. The zero-order valence-corrected chi connectivity index (χ0v) is 9.30. The first-order valence-electron chi connectivity index (χ1n) is 5.09. The highest BCUT2D eigenvalue weighted by Gasteiger charge is 2.11. The summed E-state index contributed by atoms with van der Waals surface area (Å²) in [5.74, 6) is -0.176. The molecule has 5 nitrogen and oxygen atoms in total. The van der Waals surface area contributed by atoms with Gasteiger partial charge in [0.05, 0.1) is 31.2 Å². The number of carbonyl (C=O) groups is 1. The van der Waals surface area contributed by atoms with Crippen molar-refractivity contribution in [3.63, 3.8) is 0 Å². The van der Waals surface area contributed by atoms with E-state index in [1.54, 1.807) is 7.11 Å². The molecule has 88 valence electrons. The van der Waals surface area contributed by atoms with E-state index in [1.165, 1.54) is 6.33 Å². The minimum atomic E-state index is -0.890. The lowest BCUT2D eigenvalue weighted by molar-refractivity contribution is -0.136. The van der Waals surface area contributed by atoms with Gasteiger partial charge in [-0.1, -0.05) is 12.1 Å². The van der Waals surface area contributed by atoms with Gasteiger partial charge in [-0.2, -0.15) is 0 Å². The van der Waals surface area contributed by atoms with Crippen LogP contribution in [0.4, 0.5) is 0 Å². The van der Waals surface area contributed by atoms with Crippen LogP contribution in [0, 0.1) is 0 Å². The predicted molar refractivity (Wildman–Crippen MR) is 61.9 cm³/mol. The number of aromatic nitrogens is 2. The fourth-order valence-electron chi connectivity index (χ4n) is 1.63. The lowest BCUT2D eigenvalue weighted by Gasteiger charge is -2.03. The maximum Gasteiger partial charge on any atom is 0.309 e. The number of nitrogens with zero attached hydrogens (tertiary/aromatic N) is 1. The Morgan fingerprint density at radius 2 is 2.35 bits per heavy atom. The summed E-state index contributed by atoms with van der Waals surface area (Å²) in [7, 11) is 1.59. The Morgan fingerprint density at radius 3 is 3.06 bits per heavy atom. The van der Waals surface area contributed by atoms with E-state index < -0.39 is 5.97 Å². The van der Waals surface area contributed by atoms with E-state index in [2.05, 4.69) is 9.97 Å². The Kier molecular flexibility index (Phi) is 3.09. The molecule has 0 radical (unpaired) electrons. The molecule has 2 N–H and O–H groups in total. The molecule has 2 aromatic rings. The highest BCUT2D eigenvalue weighted by atomic mass is 16.5. The number of hydrogen-bond acceptors (Lipinski definition) is 3. The summed E-state index contributed by atoms with van der Waals surface area (Å²) >= 11 is 0. The van der Waals surface area contributed by atoms with Gasteiger partial charge in [-0.3, -0.25) is 4.79 Å². The van der Waals surface area contributed by atoms with Crippen LogP contribution >= 0.6 is 0 Å². The van der Waals surface area contributed by atoms with Gasteiger partial charge >= 0.3 is 5.97 Å². The van der Waals surface area contributed by atoms with Crippen LogP contribution in [0.3, 0.4) is 0 Å². The smallest absolute Gasteiger partial charge is 0.309 e. The van der Waals surface area contributed by atoms with Crippen LogP contribution in [-0.4, -0.2) is 28.2 Å². The molecular formula is C12H12N2O3. The molecule has 5 heteroatoms. The van der Waals surface area contributed by atoms with Crippen molar-refractivity contribution in [2.24, 2.45) is 0 Å². The summed E-state index contributed by atoms with van der Waals surface area (Å²) in [6.07, 6.45) is 1.42. The summed E-state index contributed by atoms with van der Waals surface area (Å²) in [6, 6.07) is 7.35. The molecule has 2 rings (SSSR count). The van der Waals surface area contributed by atoms with E-state index in [1.807, 2.05) is 24.3 Å². The molecular weight excluding hydrogens is 220 g/mol. The average Bonchev–Trinajstić information content (AvgIpc) is 2.76. The molecule has 1 heterocycles. The van der Waals surface area contributed by atoms with E-state index >= 15 is 0 Å². The van der Waals surface area contributed by atoms with E-state index in [4.69, 9.17) is 9.84 Å². The van der Waals surface area contributed by atoms with Gasteiger partial charge in [0, 0.05) is 5.56 Å². The molecule has 1 aromatic carbocycles. The first kappa shape index (κ1) is 11.2. The number of imidazole rings is 1.